The SMILES string of the molecule is CCOC(=O)N1CCC(NC(=O)CCCn2cccc2)CC1. The summed E-state index contributed by atoms with van der Waals surface area (Å²) in [6.45, 7) is 4.36. The van der Waals surface area contributed by atoms with Crippen LogP contribution in [0.1, 0.15) is 32.6 Å². The van der Waals surface area contributed by atoms with Gasteiger partial charge >= 0.3 is 6.09 Å². The smallest absolute Gasteiger partial charge is 0.409 e. The maximum Gasteiger partial charge on any atom is 0.409 e. The Kier molecular flexibility index (Phi) is 6.30. The summed E-state index contributed by atoms with van der Waals surface area (Å²) in [6.07, 6.45) is 6.72. The van der Waals surface area contributed by atoms with Crippen LogP contribution in [0.5, 0.6) is 0 Å². The molecule has 6 nitrogen and oxygen atoms in total. The number of likely N-dealkylation sites (tertiary alicyclic amines) is 1. The van der Waals surface area contributed by atoms with Crippen LogP contribution in [-0.2, 0) is 16.1 Å². The molecule has 1 saturated heterocycles. The molecule has 0 spiro atoms. The number of nitrogens with zero attached hydrogens (tertiary/aromatic N) is 2. The summed E-state index contributed by atoms with van der Waals surface area (Å²) in [5, 5.41) is 3.06. The van der Waals surface area contributed by atoms with Gasteiger partial charge in [0.15, 0.2) is 0 Å². The van der Waals surface area contributed by atoms with E-state index in [9.17, 15) is 9.59 Å². The molecule has 0 aliphatic carbocycles. The van der Waals surface area contributed by atoms with Gasteiger partial charge in [-0.05, 0) is 38.3 Å². The van der Waals surface area contributed by atoms with Crippen molar-refractivity contribution >= 4 is 12.0 Å². The zero-order valence-electron chi connectivity index (χ0n) is 13.2. The first kappa shape index (κ1) is 16.4. The van der Waals surface area contributed by atoms with E-state index in [2.05, 4.69) is 9.88 Å². The number of carbonyl (C=O) groups is 2. The van der Waals surface area contributed by atoms with E-state index < -0.39 is 0 Å². The summed E-state index contributed by atoms with van der Waals surface area (Å²) >= 11 is 0. The fourth-order valence-corrected chi connectivity index (χ4v) is 2.66. The average Bonchev–Trinajstić information content (AvgIpc) is 3.01. The molecular formula is C16H25N3O3. The summed E-state index contributed by atoms with van der Waals surface area (Å²) in [7, 11) is 0. The van der Waals surface area contributed by atoms with E-state index in [4.69, 9.17) is 4.74 Å². The molecule has 0 saturated carbocycles. The van der Waals surface area contributed by atoms with Crippen molar-refractivity contribution in [3.05, 3.63) is 24.5 Å². The number of nitrogens with one attached hydrogen (secondary N) is 1. The Morgan fingerprint density at radius 1 is 1.23 bits per heavy atom. The van der Waals surface area contributed by atoms with Crippen molar-refractivity contribution in [3.63, 3.8) is 0 Å². The minimum absolute atomic E-state index is 0.0988. The Morgan fingerprint density at radius 3 is 2.55 bits per heavy atom. The number of carbonyl (C=O) groups excluding carboxylic acids is 2. The van der Waals surface area contributed by atoms with E-state index >= 15 is 0 Å². The van der Waals surface area contributed by atoms with Crippen molar-refractivity contribution in [2.45, 2.75) is 45.2 Å². The van der Waals surface area contributed by atoms with Gasteiger partial charge in [-0.25, -0.2) is 4.79 Å². The predicted molar refractivity (Wildman–Crippen MR) is 83.4 cm³/mol. The summed E-state index contributed by atoms with van der Waals surface area (Å²) in [5.74, 6) is 0.0988. The molecule has 1 aromatic rings. The maximum atomic E-state index is 11.9. The first-order valence-corrected chi connectivity index (χ1v) is 8.01. The lowest BCUT2D eigenvalue weighted by Gasteiger charge is -2.31. The second-order valence-corrected chi connectivity index (χ2v) is 5.55. The first-order chi connectivity index (χ1) is 10.7. The van der Waals surface area contributed by atoms with Gasteiger partial charge in [-0.15, -0.1) is 0 Å². The van der Waals surface area contributed by atoms with Crippen molar-refractivity contribution in [2.24, 2.45) is 0 Å². The molecule has 122 valence electrons. The lowest BCUT2D eigenvalue weighted by molar-refractivity contribution is -0.122. The zero-order valence-corrected chi connectivity index (χ0v) is 13.2. The van der Waals surface area contributed by atoms with Gasteiger partial charge in [-0.1, -0.05) is 0 Å². The zero-order chi connectivity index (χ0) is 15.8. The summed E-state index contributed by atoms with van der Waals surface area (Å²) in [5.41, 5.74) is 0. The highest BCUT2D eigenvalue weighted by molar-refractivity contribution is 5.76. The van der Waals surface area contributed by atoms with Crippen molar-refractivity contribution in [1.82, 2.24) is 14.8 Å². The van der Waals surface area contributed by atoms with Gasteiger partial charge in [-0.2, -0.15) is 0 Å². The number of rotatable bonds is 6. The second-order valence-electron chi connectivity index (χ2n) is 5.55. The lowest BCUT2D eigenvalue weighted by atomic mass is 10.1. The van der Waals surface area contributed by atoms with Crippen LogP contribution in [0, 0.1) is 0 Å². The largest absolute Gasteiger partial charge is 0.450 e. The van der Waals surface area contributed by atoms with Crippen LogP contribution in [0.4, 0.5) is 4.79 Å². The third-order valence-electron chi connectivity index (χ3n) is 3.87. The standard InChI is InChI=1S/C16H25N3O3/c1-2-22-16(21)19-12-7-14(8-13-19)17-15(20)6-5-11-18-9-3-4-10-18/h3-4,9-10,14H,2,5-8,11-13H2,1H3,(H,17,20). The third kappa shape index (κ3) is 5.09. The van der Waals surface area contributed by atoms with E-state index in [1.165, 1.54) is 0 Å². The molecule has 1 aliphatic rings. The van der Waals surface area contributed by atoms with E-state index in [0.29, 0.717) is 26.1 Å². The van der Waals surface area contributed by atoms with E-state index in [0.717, 1.165) is 25.8 Å². The Labute approximate surface area is 131 Å². The molecule has 1 fully saturated rings. The quantitative estimate of drug-likeness (QED) is 0.874. The van der Waals surface area contributed by atoms with Gasteiger partial charge in [0.25, 0.3) is 0 Å². The molecule has 0 radical (unpaired) electrons. The molecule has 22 heavy (non-hydrogen) atoms. The van der Waals surface area contributed by atoms with E-state index in [1.807, 2.05) is 24.5 Å². The summed E-state index contributed by atoms with van der Waals surface area (Å²) in [4.78, 5) is 25.2. The van der Waals surface area contributed by atoms with Crippen molar-refractivity contribution in [1.29, 1.82) is 0 Å². The van der Waals surface area contributed by atoms with Crippen LogP contribution in [0.2, 0.25) is 0 Å². The molecule has 6 heteroatoms. The van der Waals surface area contributed by atoms with Crippen molar-refractivity contribution < 1.29 is 14.3 Å². The number of hydrogen-bond acceptors (Lipinski definition) is 3. The fourth-order valence-electron chi connectivity index (χ4n) is 2.66. The van der Waals surface area contributed by atoms with Crippen LogP contribution >= 0.6 is 0 Å². The molecule has 0 aromatic carbocycles. The van der Waals surface area contributed by atoms with Gasteiger partial charge < -0.3 is 19.5 Å². The Balaban J connectivity index is 1.61. The monoisotopic (exact) mass is 307 g/mol. The van der Waals surface area contributed by atoms with Gasteiger partial charge in [0.1, 0.15) is 0 Å². The highest BCUT2D eigenvalue weighted by Crippen LogP contribution is 2.12. The number of amides is 2. The number of aryl methyl sites for hydroxylation is 1. The van der Waals surface area contributed by atoms with Crippen LogP contribution in [0.3, 0.4) is 0 Å². The van der Waals surface area contributed by atoms with E-state index in [1.54, 1.807) is 11.8 Å². The van der Waals surface area contributed by atoms with Crippen LogP contribution in [0.25, 0.3) is 0 Å². The second kappa shape index (κ2) is 8.46. The van der Waals surface area contributed by atoms with Gasteiger partial charge in [0.2, 0.25) is 5.91 Å². The lowest BCUT2D eigenvalue weighted by Crippen LogP contribution is -2.46. The van der Waals surface area contributed by atoms with Gasteiger partial charge in [-0.3, -0.25) is 4.79 Å². The van der Waals surface area contributed by atoms with Crippen LogP contribution in [0.15, 0.2) is 24.5 Å². The summed E-state index contributed by atoms with van der Waals surface area (Å²) < 4.78 is 7.06. The fraction of sp³-hybridized carbons (Fsp3) is 0.625. The molecule has 0 atom stereocenters. The molecule has 0 unspecified atom stereocenters. The number of hydrogen-bond donors (Lipinski definition) is 1. The van der Waals surface area contributed by atoms with E-state index in [-0.39, 0.29) is 18.0 Å². The minimum Gasteiger partial charge on any atom is -0.450 e. The van der Waals surface area contributed by atoms with Crippen molar-refractivity contribution in [2.75, 3.05) is 19.7 Å². The average molecular weight is 307 g/mol. The molecular weight excluding hydrogens is 282 g/mol. The van der Waals surface area contributed by atoms with Gasteiger partial charge in [0, 0.05) is 44.5 Å². The molecule has 2 amide bonds. The number of ether oxygens (including phenoxy) is 1. The Hall–Kier alpha value is -1.98. The highest BCUT2D eigenvalue weighted by atomic mass is 16.6. The Morgan fingerprint density at radius 2 is 1.91 bits per heavy atom. The molecule has 0 bridgehead atoms. The van der Waals surface area contributed by atoms with Crippen molar-refractivity contribution in [3.8, 4) is 0 Å². The molecule has 2 heterocycles. The molecule has 1 aliphatic heterocycles. The van der Waals surface area contributed by atoms with Gasteiger partial charge in [0.05, 0.1) is 6.61 Å². The Bertz CT molecular complexity index is 465. The van der Waals surface area contributed by atoms with Crippen LogP contribution in [-0.4, -0.2) is 47.2 Å². The maximum absolute atomic E-state index is 11.9. The first-order valence-electron chi connectivity index (χ1n) is 8.01. The number of aromatic nitrogens is 1. The minimum atomic E-state index is -0.251. The van der Waals surface area contributed by atoms with Crippen LogP contribution < -0.4 is 5.32 Å². The molecule has 1 N–H and O–H groups in total. The molecule has 1 aromatic heterocycles. The highest BCUT2D eigenvalue weighted by Gasteiger charge is 2.24. The topological polar surface area (TPSA) is 63.6 Å². The molecule has 2 rings (SSSR count). The third-order valence-corrected chi connectivity index (χ3v) is 3.87. The number of piperidine rings is 1. The summed E-state index contributed by atoms with van der Waals surface area (Å²) in [6, 6.07) is 4.14. The normalized spacial score (nSPS) is 15.6. The predicted octanol–water partition coefficient (Wildman–Crippen LogP) is 2.01.